The minimum absolute atomic E-state index is 0.0796. The molecule has 0 spiro atoms. The standard InChI is InChI=1S/C15H14FN3O3/c16-11-3-1-9(2-4-11)12-5-6-19(12)13(20)7-10-8-17-15(22)18-14(10)21/h1-4,8,12H,5-7H2,(H2,17,18,21,22)/t12-/m1/s1. The van der Waals surface area contributed by atoms with Crippen LogP contribution < -0.4 is 11.2 Å². The Balaban J connectivity index is 1.74. The van der Waals surface area contributed by atoms with Gasteiger partial charge in [-0.15, -0.1) is 0 Å². The molecule has 2 N–H and O–H groups in total. The summed E-state index contributed by atoms with van der Waals surface area (Å²) in [7, 11) is 0. The normalized spacial score (nSPS) is 17.1. The molecule has 0 saturated carbocycles. The van der Waals surface area contributed by atoms with Gasteiger partial charge in [-0.05, 0) is 24.1 Å². The molecule has 0 unspecified atom stereocenters. The Hall–Kier alpha value is -2.70. The molecule has 1 atom stereocenters. The zero-order chi connectivity index (χ0) is 15.7. The SMILES string of the molecule is O=C(Cc1c[nH]c(=O)[nH]c1=O)N1CC[C@@H]1c1ccc(F)cc1. The number of hydrogen-bond acceptors (Lipinski definition) is 3. The lowest BCUT2D eigenvalue weighted by molar-refractivity contribution is -0.138. The van der Waals surface area contributed by atoms with E-state index >= 15 is 0 Å². The fraction of sp³-hybridized carbons (Fsp3) is 0.267. The first-order chi connectivity index (χ1) is 10.5. The van der Waals surface area contributed by atoms with E-state index < -0.39 is 11.2 Å². The second-order valence-corrected chi connectivity index (χ2v) is 5.22. The average molecular weight is 303 g/mol. The molecular weight excluding hydrogens is 289 g/mol. The van der Waals surface area contributed by atoms with Crippen molar-refractivity contribution in [2.24, 2.45) is 0 Å². The van der Waals surface area contributed by atoms with Crippen molar-refractivity contribution in [1.82, 2.24) is 14.9 Å². The fourth-order valence-corrected chi connectivity index (χ4v) is 2.55. The maximum atomic E-state index is 12.9. The van der Waals surface area contributed by atoms with Crippen LogP contribution in [-0.4, -0.2) is 27.3 Å². The fourth-order valence-electron chi connectivity index (χ4n) is 2.55. The Morgan fingerprint density at radius 2 is 2.00 bits per heavy atom. The van der Waals surface area contributed by atoms with Crippen LogP contribution in [0.1, 0.15) is 23.6 Å². The topological polar surface area (TPSA) is 86.0 Å². The Bertz CT molecular complexity index is 810. The van der Waals surface area contributed by atoms with Crippen LogP contribution in [0.5, 0.6) is 0 Å². The molecule has 6 nitrogen and oxygen atoms in total. The Morgan fingerprint density at radius 3 is 2.59 bits per heavy atom. The largest absolute Gasteiger partial charge is 0.335 e. The van der Waals surface area contributed by atoms with E-state index in [-0.39, 0.29) is 29.8 Å². The number of nitrogens with one attached hydrogen (secondary N) is 2. The highest BCUT2D eigenvalue weighted by molar-refractivity contribution is 5.79. The van der Waals surface area contributed by atoms with E-state index in [1.807, 2.05) is 0 Å². The van der Waals surface area contributed by atoms with Crippen LogP contribution in [-0.2, 0) is 11.2 Å². The molecule has 0 bridgehead atoms. The third-order valence-corrected chi connectivity index (χ3v) is 3.83. The van der Waals surface area contributed by atoms with Gasteiger partial charge >= 0.3 is 5.69 Å². The molecule has 1 fully saturated rings. The van der Waals surface area contributed by atoms with Gasteiger partial charge in [-0.3, -0.25) is 14.6 Å². The van der Waals surface area contributed by atoms with Gasteiger partial charge in [-0.25, -0.2) is 9.18 Å². The number of aromatic nitrogens is 2. The smallest absolute Gasteiger partial charge is 0.325 e. The van der Waals surface area contributed by atoms with Crippen LogP contribution in [0, 0.1) is 5.82 Å². The predicted octanol–water partition coefficient (Wildman–Crippen LogP) is 0.718. The second kappa shape index (κ2) is 5.59. The number of amides is 1. The number of H-pyrrole nitrogens is 2. The molecule has 0 aliphatic carbocycles. The molecule has 1 saturated heterocycles. The number of halogens is 1. The monoisotopic (exact) mass is 303 g/mol. The highest BCUT2D eigenvalue weighted by atomic mass is 19.1. The molecule has 1 aromatic carbocycles. The summed E-state index contributed by atoms with van der Waals surface area (Å²) in [6, 6.07) is 5.96. The molecular formula is C15H14FN3O3. The zero-order valence-electron chi connectivity index (χ0n) is 11.6. The summed E-state index contributed by atoms with van der Waals surface area (Å²) in [4.78, 5) is 40.9. The summed E-state index contributed by atoms with van der Waals surface area (Å²) in [5.41, 5.74) is -0.0731. The summed E-state index contributed by atoms with van der Waals surface area (Å²) >= 11 is 0. The van der Waals surface area contributed by atoms with Crippen molar-refractivity contribution in [2.45, 2.75) is 18.9 Å². The van der Waals surface area contributed by atoms with Gasteiger partial charge in [-0.2, -0.15) is 0 Å². The molecule has 2 heterocycles. The first-order valence-electron chi connectivity index (χ1n) is 6.90. The number of likely N-dealkylation sites (tertiary alicyclic amines) is 1. The number of benzene rings is 1. The van der Waals surface area contributed by atoms with Crippen molar-refractivity contribution < 1.29 is 9.18 Å². The molecule has 1 amide bonds. The van der Waals surface area contributed by atoms with Gasteiger partial charge in [0.1, 0.15) is 5.82 Å². The van der Waals surface area contributed by atoms with Gasteiger partial charge < -0.3 is 9.88 Å². The van der Waals surface area contributed by atoms with Crippen LogP contribution >= 0.6 is 0 Å². The van der Waals surface area contributed by atoms with Gasteiger partial charge in [0.05, 0.1) is 12.5 Å². The van der Waals surface area contributed by atoms with E-state index in [1.54, 1.807) is 17.0 Å². The first-order valence-corrected chi connectivity index (χ1v) is 6.90. The quantitative estimate of drug-likeness (QED) is 0.876. The van der Waals surface area contributed by atoms with Gasteiger partial charge in [0.15, 0.2) is 0 Å². The van der Waals surface area contributed by atoms with Crippen molar-refractivity contribution in [2.75, 3.05) is 6.54 Å². The minimum atomic E-state index is -0.602. The molecule has 2 aromatic rings. The lowest BCUT2D eigenvalue weighted by Gasteiger charge is -2.41. The third kappa shape index (κ3) is 2.69. The van der Waals surface area contributed by atoms with Crippen LogP contribution in [0.4, 0.5) is 4.39 Å². The maximum absolute atomic E-state index is 12.9. The van der Waals surface area contributed by atoms with Crippen molar-refractivity contribution in [3.05, 3.63) is 68.2 Å². The van der Waals surface area contributed by atoms with Crippen LogP contribution in [0.3, 0.4) is 0 Å². The molecule has 3 rings (SSSR count). The van der Waals surface area contributed by atoms with E-state index in [0.717, 1.165) is 12.0 Å². The molecule has 0 radical (unpaired) electrons. The lowest BCUT2D eigenvalue weighted by atomic mass is 9.94. The summed E-state index contributed by atoms with van der Waals surface area (Å²) in [6.45, 7) is 0.599. The number of rotatable bonds is 3. The van der Waals surface area contributed by atoms with E-state index in [4.69, 9.17) is 0 Å². The van der Waals surface area contributed by atoms with Gasteiger partial charge in [0.25, 0.3) is 5.56 Å². The molecule has 7 heteroatoms. The zero-order valence-corrected chi connectivity index (χ0v) is 11.6. The average Bonchev–Trinajstić information content (AvgIpc) is 2.43. The van der Waals surface area contributed by atoms with Gasteiger partial charge in [0, 0.05) is 18.3 Å². The number of nitrogens with zero attached hydrogens (tertiary/aromatic N) is 1. The van der Waals surface area contributed by atoms with E-state index in [1.165, 1.54) is 18.3 Å². The summed E-state index contributed by atoms with van der Waals surface area (Å²) in [5, 5.41) is 0. The Kier molecular flexibility index (Phi) is 3.62. The predicted molar refractivity (Wildman–Crippen MR) is 76.9 cm³/mol. The molecule has 1 aliphatic heterocycles. The molecule has 1 aliphatic rings. The number of hydrogen-bond donors (Lipinski definition) is 2. The van der Waals surface area contributed by atoms with Crippen molar-refractivity contribution in [3.8, 4) is 0 Å². The first kappa shape index (κ1) is 14.2. The summed E-state index contributed by atoms with van der Waals surface area (Å²) in [6.07, 6.45) is 1.98. The van der Waals surface area contributed by atoms with Crippen molar-refractivity contribution in [3.63, 3.8) is 0 Å². The highest BCUT2D eigenvalue weighted by Gasteiger charge is 2.33. The highest BCUT2D eigenvalue weighted by Crippen LogP contribution is 2.33. The van der Waals surface area contributed by atoms with E-state index in [0.29, 0.717) is 6.54 Å². The molecule has 22 heavy (non-hydrogen) atoms. The van der Waals surface area contributed by atoms with Crippen molar-refractivity contribution >= 4 is 5.91 Å². The Morgan fingerprint density at radius 1 is 1.27 bits per heavy atom. The number of carbonyl (C=O) groups is 1. The minimum Gasteiger partial charge on any atom is -0.335 e. The van der Waals surface area contributed by atoms with Gasteiger partial charge in [0.2, 0.25) is 5.91 Å². The van der Waals surface area contributed by atoms with Crippen LogP contribution in [0.15, 0.2) is 40.1 Å². The van der Waals surface area contributed by atoms with Crippen LogP contribution in [0.25, 0.3) is 0 Å². The summed E-state index contributed by atoms with van der Waals surface area (Å²) in [5.74, 6) is -0.515. The van der Waals surface area contributed by atoms with Crippen molar-refractivity contribution in [1.29, 1.82) is 0 Å². The maximum Gasteiger partial charge on any atom is 0.325 e. The lowest BCUT2D eigenvalue weighted by Crippen LogP contribution is -2.46. The van der Waals surface area contributed by atoms with E-state index in [9.17, 15) is 18.8 Å². The number of aromatic amines is 2. The van der Waals surface area contributed by atoms with Gasteiger partial charge in [-0.1, -0.05) is 12.1 Å². The summed E-state index contributed by atoms with van der Waals surface area (Å²) < 4.78 is 12.9. The Labute approximate surface area is 124 Å². The third-order valence-electron chi connectivity index (χ3n) is 3.83. The second-order valence-electron chi connectivity index (χ2n) is 5.22. The molecule has 1 aromatic heterocycles. The van der Waals surface area contributed by atoms with Crippen LogP contribution in [0.2, 0.25) is 0 Å². The molecule has 114 valence electrons. The van der Waals surface area contributed by atoms with E-state index in [2.05, 4.69) is 9.97 Å². The number of carbonyl (C=O) groups excluding carboxylic acids is 1.